The van der Waals surface area contributed by atoms with Gasteiger partial charge in [-0.05, 0) is 89.6 Å². The highest BCUT2D eigenvalue weighted by molar-refractivity contribution is 6.20. The highest BCUT2D eigenvalue weighted by Gasteiger charge is 2.36. The Hall–Kier alpha value is -7.17. The van der Waals surface area contributed by atoms with Crippen molar-refractivity contribution in [3.63, 3.8) is 0 Å². The molecule has 0 saturated heterocycles. The molecule has 0 spiro atoms. The lowest BCUT2D eigenvalue weighted by Crippen LogP contribution is -2.14. The predicted molar refractivity (Wildman–Crippen MR) is 231 cm³/mol. The molecule has 0 bridgehead atoms. The molecule has 0 saturated carbocycles. The molecule has 2 heterocycles. The maximum absolute atomic E-state index is 6.86. The molecule has 1 aliphatic rings. The van der Waals surface area contributed by atoms with E-state index in [0.717, 1.165) is 49.4 Å². The Labute approximate surface area is 322 Å². The minimum atomic E-state index is -0.129. The predicted octanol–water partition coefficient (Wildman–Crippen LogP) is 13.7. The molecular formula is C52H33N3O. The first kappa shape index (κ1) is 31.2. The van der Waals surface area contributed by atoms with Crippen LogP contribution in [-0.4, -0.2) is 15.0 Å². The third kappa shape index (κ3) is 4.44. The van der Waals surface area contributed by atoms with Gasteiger partial charge in [-0.15, -0.1) is 0 Å². The second-order valence-electron chi connectivity index (χ2n) is 15.6. The fourth-order valence-electron chi connectivity index (χ4n) is 9.30. The summed E-state index contributed by atoms with van der Waals surface area (Å²) >= 11 is 0. The fourth-order valence-corrected chi connectivity index (χ4v) is 9.30. The largest absolute Gasteiger partial charge is 0.455 e. The lowest BCUT2D eigenvalue weighted by molar-refractivity contribution is 0.647. The zero-order valence-electron chi connectivity index (χ0n) is 30.8. The standard InChI is InChI=1S/C52H33N3O/c1-52(2)44-20-8-7-16-37(44)42-28-43-38-17-10-19-40(48(38)56-46(43)29-45(42)52)51-54-49(53-50(55-51)39-18-9-13-30-11-3-5-14-35(30)39)34-26-23-32-22-25-33-24-21-31-12-4-6-15-36(31)47(33)41(32)27-34/h3-29H,1-2H3. The smallest absolute Gasteiger partial charge is 0.167 e. The van der Waals surface area contributed by atoms with E-state index in [9.17, 15) is 0 Å². The number of rotatable bonds is 3. The average molecular weight is 716 g/mol. The quantitative estimate of drug-likeness (QED) is 0.171. The van der Waals surface area contributed by atoms with Gasteiger partial charge in [-0.25, -0.2) is 15.0 Å². The van der Waals surface area contributed by atoms with Gasteiger partial charge in [0.15, 0.2) is 17.5 Å². The molecule has 1 aliphatic carbocycles. The summed E-state index contributed by atoms with van der Waals surface area (Å²) in [5.41, 5.74) is 9.42. The van der Waals surface area contributed by atoms with Crippen LogP contribution in [0.4, 0.5) is 0 Å². The molecule has 0 radical (unpaired) electrons. The van der Waals surface area contributed by atoms with Crippen LogP contribution >= 0.6 is 0 Å². The number of fused-ring (bicyclic) bond motifs is 12. The highest BCUT2D eigenvalue weighted by Crippen LogP contribution is 2.51. The monoisotopic (exact) mass is 715 g/mol. The van der Waals surface area contributed by atoms with Crippen LogP contribution < -0.4 is 0 Å². The van der Waals surface area contributed by atoms with E-state index in [1.54, 1.807) is 0 Å². The van der Waals surface area contributed by atoms with Gasteiger partial charge in [0.1, 0.15) is 11.2 Å². The van der Waals surface area contributed by atoms with Gasteiger partial charge in [0.05, 0.1) is 5.56 Å². The summed E-state index contributed by atoms with van der Waals surface area (Å²) in [7, 11) is 0. The summed E-state index contributed by atoms with van der Waals surface area (Å²) in [6.07, 6.45) is 0. The Morgan fingerprint density at radius 1 is 0.393 bits per heavy atom. The van der Waals surface area contributed by atoms with Crippen molar-refractivity contribution in [2.75, 3.05) is 0 Å². The van der Waals surface area contributed by atoms with E-state index in [1.165, 1.54) is 54.6 Å². The van der Waals surface area contributed by atoms with Crippen molar-refractivity contribution in [2.45, 2.75) is 19.3 Å². The van der Waals surface area contributed by atoms with Crippen LogP contribution in [-0.2, 0) is 5.41 Å². The van der Waals surface area contributed by atoms with E-state index in [4.69, 9.17) is 19.4 Å². The minimum Gasteiger partial charge on any atom is -0.455 e. The molecule has 0 unspecified atom stereocenters. The van der Waals surface area contributed by atoms with Crippen molar-refractivity contribution in [2.24, 2.45) is 0 Å². The second kappa shape index (κ2) is 11.4. The summed E-state index contributed by atoms with van der Waals surface area (Å²) in [4.78, 5) is 15.8. The van der Waals surface area contributed by atoms with Gasteiger partial charge in [-0.2, -0.15) is 0 Å². The molecule has 9 aromatic carbocycles. The molecule has 0 N–H and O–H groups in total. The van der Waals surface area contributed by atoms with Crippen LogP contribution in [0.1, 0.15) is 25.0 Å². The van der Waals surface area contributed by atoms with Gasteiger partial charge >= 0.3 is 0 Å². The van der Waals surface area contributed by atoms with E-state index < -0.39 is 0 Å². The van der Waals surface area contributed by atoms with Gasteiger partial charge < -0.3 is 4.42 Å². The Morgan fingerprint density at radius 3 is 1.84 bits per heavy atom. The summed E-state index contributed by atoms with van der Waals surface area (Å²) in [5, 5.41) is 11.6. The summed E-state index contributed by atoms with van der Waals surface area (Å²) in [6, 6.07) is 58.4. The summed E-state index contributed by atoms with van der Waals surface area (Å²) < 4.78 is 6.86. The molecular weight excluding hydrogens is 683 g/mol. The maximum Gasteiger partial charge on any atom is 0.167 e. The third-order valence-electron chi connectivity index (χ3n) is 12.1. The molecule has 11 aromatic rings. The topological polar surface area (TPSA) is 51.8 Å². The SMILES string of the molecule is CC1(C)c2ccccc2-c2cc3c(cc21)oc1c(-c2nc(-c4ccc5ccc6ccc7ccccc7c6c5c4)nc(-c4cccc5ccccc45)n2)cccc13. The van der Waals surface area contributed by atoms with Gasteiger partial charge in [-0.3, -0.25) is 0 Å². The third-order valence-corrected chi connectivity index (χ3v) is 12.1. The van der Waals surface area contributed by atoms with Gasteiger partial charge in [0, 0.05) is 27.3 Å². The molecule has 0 aliphatic heterocycles. The van der Waals surface area contributed by atoms with E-state index >= 15 is 0 Å². The zero-order chi connectivity index (χ0) is 37.1. The van der Waals surface area contributed by atoms with E-state index in [2.05, 4.69) is 178 Å². The molecule has 0 fully saturated rings. The number of hydrogen-bond acceptors (Lipinski definition) is 4. The molecule has 2 aromatic heterocycles. The fraction of sp³-hybridized carbons (Fsp3) is 0.0577. The first-order valence-electron chi connectivity index (χ1n) is 19.2. The van der Waals surface area contributed by atoms with Crippen molar-refractivity contribution >= 4 is 65.0 Å². The van der Waals surface area contributed by atoms with E-state index in [0.29, 0.717) is 17.5 Å². The molecule has 0 amide bonds. The number of nitrogens with zero attached hydrogens (tertiary/aromatic N) is 3. The molecule has 4 heteroatoms. The summed E-state index contributed by atoms with van der Waals surface area (Å²) in [6.45, 7) is 4.60. The van der Waals surface area contributed by atoms with Crippen LogP contribution in [0.15, 0.2) is 168 Å². The Morgan fingerprint density at radius 2 is 0.982 bits per heavy atom. The number of hydrogen-bond donors (Lipinski definition) is 0. The normalized spacial score (nSPS) is 13.3. The van der Waals surface area contributed by atoms with Gasteiger partial charge in [0.25, 0.3) is 0 Å². The number of furan rings is 1. The van der Waals surface area contributed by atoms with Crippen molar-refractivity contribution in [3.05, 3.63) is 175 Å². The minimum absolute atomic E-state index is 0.129. The van der Waals surface area contributed by atoms with Crippen LogP contribution in [0.2, 0.25) is 0 Å². The Bertz CT molecular complexity index is 3460. The van der Waals surface area contributed by atoms with E-state index in [-0.39, 0.29) is 5.41 Å². The van der Waals surface area contributed by atoms with Crippen LogP contribution in [0.5, 0.6) is 0 Å². The Balaban J connectivity index is 1.11. The first-order chi connectivity index (χ1) is 27.5. The average Bonchev–Trinajstić information content (AvgIpc) is 3.73. The second-order valence-corrected chi connectivity index (χ2v) is 15.6. The van der Waals surface area contributed by atoms with Crippen molar-refractivity contribution < 1.29 is 4.42 Å². The lowest BCUT2D eigenvalue weighted by atomic mass is 9.82. The van der Waals surface area contributed by atoms with Gasteiger partial charge in [0.2, 0.25) is 0 Å². The number of aromatic nitrogens is 3. The van der Waals surface area contributed by atoms with Crippen LogP contribution in [0, 0.1) is 0 Å². The molecule has 262 valence electrons. The molecule has 0 atom stereocenters. The van der Waals surface area contributed by atoms with Crippen LogP contribution in [0.25, 0.3) is 110 Å². The molecule has 12 rings (SSSR count). The van der Waals surface area contributed by atoms with Crippen molar-refractivity contribution in [3.8, 4) is 45.3 Å². The summed E-state index contributed by atoms with van der Waals surface area (Å²) in [5.74, 6) is 1.81. The number of benzene rings is 9. The van der Waals surface area contributed by atoms with E-state index in [1.807, 2.05) is 0 Å². The van der Waals surface area contributed by atoms with Crippen molar-refractivity contribution in [1.82, 2.24) is 15.0 Å². The molecule has 4 nitrogen and oxygen atoms in total. The zero-order valence-corrected chi connectivity index (χ0v) is 30.8. The van der Waals surface area contributed by atoms with Crippen molar-refractivity contribution in [1.29, 1.82) is 0 Å². The van der Waals surface area contributed by atoms with Gasteiger partial charge in [-0.1, -0.05) is 153 Å². The maximum atomic E-state index is 6.86. The first-order valence-corrected chi connectivity index (χ1v) is 19.2. The van der Waals surface area contributed by atoms with Crippen LogP contribution in [0.3, 0.4) is 0 Å². The highest BCUT2D eigenvalue weighted by atomic mass is 16.3. The lowest BCUT2D eigenvalue weighted by Gasteiger charge is -2.21. The Kier molecular flexibility index (Phi) is 6.37. The number of para-hydroxylation sites is 1. The molecule has 56 heavy (non-hydrogen) atoms.